The topological polar surface area (TPSA) is 104 Å². The van der Waals surface area contributed by atoms with Crippen molar-refractivity contribution in [1.29, 1.82) is 0 Å². The molecule has 0 spiro atoms. The summed E-state index contributed by atoms with van der Waals surface area (Å²) in [6, 6.07) is 11.9. The molecule has 0 saturated carbocycles. The number of sulfonamides is 1. The molecule has 9 nitrogen and oxygen atoms in total. The molecular weight excluding hydrogens is 420 g/mol. The molecule has 3 rings (SSSR count). The lowest BCUT2D eigenvalue weighted by molar-refractivity contribution is -0.385. The maximum atomic E-state index is 13.2. The van der Waals surface area contributed by atoms with Crippen molar-refractivity contribution in [3.05, 3.63) is 69.3 Å². The van der Waals surface area contributed by atoms with Crippen molar-refractivity contribution < 1.29 is 18.1 Å². The van der Waals surface area contributed by atoms with Crippen LogP contribution in [0.4, 0.5) is 10.5 Å². The molecule has 0 unspecified atom stereocenters. The van der Waals surface area contributed by atoms with Crippen LogP contribution in [-0.2, 0) is 16.6 Å². The molecule has 2 aromatic rings. The van der Waals surface area contributed by atoms with Gasteiger partial charge < -0.3 is 9.80 Å². The molecular formula is C21H26N4O5S. The van der Waals surface area contributed by atoms with Crippen LogP contribution in [0.15, 0.2) is 47.4 Å². The number of nitrogens with zero attached hydrogens (tertiary/aromatic N) is 4. The maximum Gasteiger partial charge on any atom is 0.320 e. The van der Waals surface area contributed by atoms with Crippen LogP contribution in [0.3, 0.4) is 0 Å². The summed E-state index contributed by atoms with van der Waals surface area (Å²) in [5.41, 5.74) is 1.80. The number of non-ortho nitro benzene ring substituents is 1. The Morgan fingerprint density at radius 2 is 1.71 bits per heavy atom. The first-order valence-corrected chi connectivity index (χ1v) is 11.3. The number of nitro benzene ring substituents is 1. The van der Waals surface area contributed by atoms with Gasteiger partial charge in [0, 0.05) is 51.9 Å². The average Bonchev–Trinajstić information content (AvgIpc) is 2.75. The first-order chi connectivity index (χ1) is 14.6. The van der Waals surface area contributed by atoms with Crippen LogP contribution in [0.2, 0.25) is 0 Å². The van der Waals surface area contributed by atoms with Gasteiger partial charge in [0.15, 0.2) is 0 Å². The van der Waals surface area contributed by atoms with E-state index >= 15 is 0 Å². The molecule has 0 N–H and O–H groups in total. The predicted molar refractivity (Wildman–Crippen MR) is 116 cm³/mol. The van der Waals surface area contributed by atoms with E-state index in [-0.39, 0.29) is 42.8 Å². The van der Waals surface area contributed by atoms with Crippen LogP contribution >= 0.6 is 0 Å². The Bertz CT molecular complexity index is 1080. The highest BCUT2D eigenvalue weighted by atomic mass is 32.2. The second-order valence-corrected chi connectivity index (χ2v) is 9.56. The van der Waals surface area contributed by atoms with Crippen LogP contribution in [0, 0.1) is 24.0 Å². The molecule has 0 aliphatic carbocycles. The van der Waals surface area contributed by atoms with Gasteiger partial charge in [-0.25, -0.2) is 13.2 Å². The Kier molecular flexibility index (Phi) is 6.61. The number of piperazine rings is 1. The van der Waals surface area contributed by atoms with Gasteiger partial charge in [-0.1, -0.05) is 30.3 Å². The van der Waals surface area contributed by atoms with Crippen LogP contribution in [0.1, 0.15) is 16.7 Å². The first kappa shape index (κ1) is 22.7. The Hall–Kier alpha value is -2.98. The van der Waals surface area contributed by atoms with Gasteiger partial charge in [0.25, 0.3) is 5.69 Å². The number of carbonyl (C=O) groups excluding carboxylic acids is 1. The van der Waals surface area contributed by atoms with Crippen LogP contribution in [-0.4, -0.2) is 66.7 Å². The standard InChI is InChI=1S/C21H26N4O5S/c1-16-13-19(25(27)28)14-20(17(16)2)31(29,30)24-11-9-23(10-12-24)21(26)22(3)15-18-7-5-4-6-8-18/h4-8,13-14H,9-12,15H2,1-3H3. The zero-order chi connectivity index (χ0) is 22.8. The van der Waals surface area contributed by atoms with Crippen LogP contribution in [0.25, 0.3) is 0 Å². The van der Waals surface area contributed by atoms with Crippen molar-refractivity contribution in [3.63, 3.8) is 0 Å². The minimum absolute atomic E-state index is 0.0554. The molecule has 31 heavy (non-hydrogen) atoms. The minimum Gasteiger partial charge on any atom is -0.323 e. The van der Waals surface area contributed by atoms with E-state index in [0.717, 1.165) is 11.6 Å². The molecule has 0 atom stereocenters. The zero-order valence-corrected chi connectivity index (χ0v) is 18.6. The van der Waals surface area contributed by atoms with Crippen molar-refractivity contribution in [1.82, 2.24) is 14.1 Å². The lowest BCUT2D eigenvalue weighted by Crippen LogP contribution is -2.53. The second-order valence-electron chi connectivity index (χ2n) is 7.66. The molecule has 1 heterocycles. The number of hydrogen-bond donors (Lipinski definition) is 0. The second kappa shape index (κ2) is 9.03. The molecule has 0 radical (unpaired) electrons. The Balaban J connectivity index is 1.70. The Morgan fingerprint density at radius 3 is 2.29 bits per heavy atom. The normalized spacial score (nSPS) is 15.0. The number of hydrogen-bond acceptors (Lipinski definition) is 5. The van der Waals surface area contributed by atoms with Crippen LogP contribution < -0.4 is 0 Å². The highest BCUT2D eigenvalue weighted by molar-refractivity contribution is 7.89. The number of rotatable bonds is 5. The molecule has 1 aliphatic heterocycles. The minimum atomic E-state index is -3.91. The van der Waals surface area contributed by atoms with E-state index in [4.69, 9.17) is 0 Å². The van der Waals surface area contributed by atoms with E-state index in [0.29, 0.717) is 17.7 Å². The van der Waals surface area contributed by atoms with Crippen molar-refractivity contribution >= 4 is 21.7 Å². The Morgan fingerprint density at radius 1 is 1.10 bits per heavy atom. The summed E-state index contributed by atoms with van der Waals surface area (Å²) in [6.07, 6.45) is 0. The largest absolute Gasteiger partial charge is 0.323 e. The third-order valence-electron chi connectivity index (χ3n) is 5.53. The summed E-state index contributed by atoms with van der Waals surface area (Å²) in [4.78, 5) is 26.5. The fraction of sp³-hybridized carbons (Fsp3) is 0.381. The lowest BCUT2D eigenvalue weighted by atomic mass is 10.1. The predicted octanol–water partition coefficient (Wildman–Crippen LogP) is 2.77. The summed E-state index contributed by atoms with van der Waals surface area (Å²) in [5, 5.41) is 11.2. The highest BCUT2D eigenvalue weighted by Crippen LogP contribution is 2.28. The maximum absolute atomic E-state index is 13.2. The van der Waals surface area contributed by atoms with Crippen molar-refractivity contribution in [2.45, 2.75) is 25.3 Å². The highest BCUT2D eigenvalue weighted by Gasteiger charge is 2.33. The fourth-order valence-corrected chi connectivity index (χ4v) is 5.35. The number of aryl methyl sites for hydroxylation is 1. The van der Waals surface area contributed by atoms with Gasteiger partial charge in [-0.3, -0.25) is 10.1 Å². The monoisotopic (exact) mass is 446 g/mol. The molecule has 1 saturated heterocycles. The van der Waals surface area contributed by atoms with Crippen molar-refractivity contribution in [2.75, 3.05) is 33.2 Å². The molecule has 1 aliphatic rings. The van der Waals surface area contributed by atoms with Gasteiger partial charge >= 0.3 is 6.03 Å². The van der Waals surface area contributed by atoms with E-state index in [9.17, 15) is 23.3 Å². The van der Waals surface area contributed by atoms with E-state index in [1.165, 1.54) is 10.4 Å². The van der Waals surface area contributed by atoms with Crippen LogP contribution in [0.5, 0.6) is 0 Å². The SMILES string of the molecule is Cc1cc([N+](=O)[O-])cc(S(=O)(=O)N2CCN(C(=O)N(C)Cc3ccccc3)CC2)c1C. The van der Waals surface area contributed by atoms with Gasteiger partial charge in [0.1, 0.15) is 0 Å². The number of benzene rings is 2. The lowest BCUT2D eigenvalue weighted by Gasteiger charge is -2.36. The summed E-state index contributed by atoms with van der Waals surface area (Å²) < 4.78 is 27.6. The van der Waals surface area contributed by atoms with Gasteiger partial charge in [0.2, 0.25) is 10.0 Å². The average molecular weight is 447 g/mol. The third-order valence-corrected chi connectivity index (χ3v) is 7.56. The summed E-state index contributed by atoms with van der Waals surface area (Å²) >= 11 is 0. The molecule has 166 valence electrons. The molecule has 2 amide bonds. The van der Waals surface area contributed by atoms with Crippen molar-refractivity contribution in [2.24, 2.45) is 0 Å². The van der Waals surface area contributed by atoms with Gasteiger partial charge in [0.05, 0.1) is 9.82 Å². The van der Waals surface area contributed by atoms with Gasteiger partial charge in [-0.05, 0) is 30.5 Å². The molecule has 0 bridgehead atoms. The molecule has 1 fully saturated rings. The molecule has 0 aromatic heterocycles. The fourth-order valence-electron chi connectivity index (χ4n) is 3.61. The quantitative estimate of drug-likeness (QED) is 0.519. The summed E-state index contributed by atoms with van der Waals surface area (Å²) in [5.74, 6) is 0. The smallest absolute Gasteiger partial charge is 0.320 e. The summed E-state index contributed by atoms with van der Waals surface area (Å²) in [6.45, 7) is 4.53. The third kappa shape index (κ3) is 4.86. The van der Waals surface area contributed by atoms with Crippen molar-refractivity contribution in [3.8, 4) is 0 Å². The van der Waals surface area contributed by atoms with Gasteiger partial charge in [-0.2, -0.15) is 4.31 Å². The van der Waals surface area contributed by atoms with Gasteiger partial charge in [-0.15, -0.1) is 0 Å². The number of urea groups is 1. The number of nitro groups is 1. The number of carbonyl (C=O) groups is 1. The first-order valence-electron chi connectivity index (χ1n) is 9.91. The van der Waals surface area contributed by atoms with E-state index < -0.39 is 14.9 Å². The Labute approximate surface area is 182 Å². The van der Waals surface area contributed by atoms with E-state index in [1.54, 1.807) is 30.7 Å². The zero-order valence-electron chi connectivity index (χ0n) is 17.8. The summed E-state index contributed by atoms with van der Waals surface area (Å²) in [7, 11) is -2.20. The number of amides is 2. The molecule has 10 heteroatoms. The van der Waals surface area contributed by atoms with E-state index in [1.807, 2.05) is 30.3 Å². The van der Waals surface area contributed by atoms with E-state index in [2.05, 4.69) is 0 Å². The molecule has 2 aromatic carbocycles.